The van der Waals surface area contributed by atoms with Gasteiger partial charge in [-0.05, 0) is 45.7 Å². The molecule has 5 nitrogen and oxygen atoms in total. The van der Waals surface area contributed by atoms with Gasteiger partial charge in [-0.2, -0.15) is 0 Å². The highest BCUT2D eigenvalue weighted by Gasteiger charge is 2.45. The quantitative estimate of drug-likeness (QED) is 0.735. The summed E-state index contributed by atoms with van der Waals surface area (Å²) in [6, 6.07) is 7.31. The molecule has 1 fully saturated rings. The maximum atomic E-state index is 12.4. The molecule has 1 aromatic rings. The fourth-order valence-electron chi connectivity index (χ4n) is 3.25. The molecule has 2 aliphatic heterocycles. The Labute approximate surface area is 136 Å². The lowest BCUT2D eigenvalue weighted by molar-refractivity contribution is -0.0334. The van der Waals surface area contributed by atoms with Crippen LogP contribution >= 0.6 is 0 Å². The summed E-state index contributed by atoms with van der Waals surface area (Å²) in [7, 11) is 0. The Balaban J connectivity index is 1.79. The predicted molar refractivity (Wildman–Crippen MR) is 85.8 cm³/mol. The van der Waals surface area contributed by atoms with E-state index in [4.69, 9.17) is 9.47 Å². The number of carbonyl (C=O) groups excluding carboxylic acids is 2. The molecule has 0 bridgehead atoms. The summed E-state index contributed by atoms with van der Waals surface area (Å²) >= 11 is 0. The molecule has 2 aliphatic rings. The Morgan fingerprint density at radius 1 is 1.30 bits per heavy atom. The first-order valence-electron chi connectivity index (χ1n) is 8.07. The van der Waals surface area contributed by atoms with Crippen molar-refractivity contribution in [2.75, 3.05) is 13.1 Å². The Morgan fingerprint density at radius 2 is 2.04 bits per heavy atom. The minimum atomic E-state index is -0.624. The fraction of sp³-hybridized carbons (Fsp3) is 0.556. The average molecular weight is 317 g/mol. The third-order valence-electron chi connectivity index (χ3n) is 4.19. The summed E-state index contributed by atoms with van der Waals surface area (Å²) in [4.78, 5) is 26.4. The Bertz CT molecular complexity index is 634. The highest BCUT2D eigenvalue weighted by Crippen LogP contribution is 2.38. The van der Waals surface area contributed by atoms with Gasteiger partial charge in [-0.1, -0.05) is 12.1 Å². The van der Waals surface area contributed by atoms with Gasteiger partial charge in [-0.3, -0.25) is 4.79 Å². The van der Waals surface area contributed by atoms with Crippen LogP contribution in [0.1, 0.15) is 50.4 Å². The Hall–Kier alpha value is -2.04. The van der Waals surface area contributed by atoms with Gasteiger partial charge < -0.3 is 14.4 Å². The number of likely N-dealkylation sites (tertiary alicyclic amines) is 1. The van der Waals surface area contributed by atoms with Crippen molar-refractivity contribution in [3.8, 4) is 5.75 Å². The number of ether oxygens (including phenoxy) is 2. The number of nitrogens with zero attached hydrogens (tertiary/aromatic N) is 1. The topological polar surface area (TPSA) is 55.8 Å². The molecule has 0 radical (unpaired) electrons. The molecule has 0 N–H and O–H groups in total. The lowest BCUT2D eigenvalue weighted by Gasteiger charge is -2.44. The lowest BCUT2D eigenvalue weighted by Crippen LogP contribution is -2.56. The molecule has 0 saturated carbocycles. The number of ketones is 1. The standard InChI is InChI=1S/C18H23NO4/c1-17(2,3)23-16(21)19-10-6-9-18(12-19)11-14(20)13-7-4-5-8-15(13)22-18/h4-5,7-8H,6,9-12H2,1-3H3/t18-/m1/s1. The lowest BCUT2D eigenvalue weighted by atomic mass is 9.83. The summed E-state index contributed by atoms with van der Waals surface area (Å²) in [6.45, 7) is 6.57. The smallest absolute Gasteiger partial charge is 0.410 e. The normalized spacial score (nSPS) is 24.1. The highest BCUT2D eigenvalue weighted by molar-refractivity contribution is 6.00. The van der Waals surface area contributed by atoms with Crippen LogP contribution < -0.4 is 4.74 Å². The molecule has 1 atom stereocenters. The van der Waals surface area contributed by atoms with Crippen LogP contribution in [0.4, 0.5) is 4.79 Å². The van der Waals surface area contributed by atoms with E-state index in [1.54, 1.807) is 11.0 Å². The largest absolute Gasteiger partial charge is 0.484 e. The maximum Gasteiger partial charge on any atom is 0.410 e. The number of amides is 1. The second-order valence-corrected chi connectivity index (χ2v) is 7.39. The van der Waals surface area contributed by atoms with Crippen LogP contribution in [-0.4, -0.2) is 41.1 Å². The minimum absolute atomic E-state index is 0.0814. The van der Waals surface area contributed by atoms with Crippen molar-refractivity contribution < 1.29 is 19.1 Å². The molecule has 1 spiro atoms. The first kappa shape index (κ1) is 15.8. The number of fused-ring (bicyclic) bond motifs is 1. The van der Waals surface area contributed by atoms with E-state index >= 15 is 0 Å². The van der Waals surface area contributed by atoms with Crippen molar-refractivity contribution in [2.24, 2.45) is 0 Å². The van der Waals surface area contributed by atoms with Crippen molar-refractivity contribution in [1.29, 1.82) is 0 Å². The van der Waals surface area contributed by atoms with Gasteiger partial charge in [0.2, 0.25) is 0 Å². The maximum absolute atomic E-state index is 12.4. The molecule has 3 rings (SSSR count). The van der Waals surface area contributed by atoms with Crippen molar-refractivity contribution in [3.63, 3.8) is 0 Å². The van der Waals surface area contributed by atoms with Gasteiger partial charge in [0, 0.05) is 6.54 Å². The van der Waals surface area contributed by atoms with Crippen LogP contribution in [0.3, 0.4) is 0 Å². The minimum Gasteiger partial charge on any atom is -0.484 e. The molecule has 1 saturated heterocycles. The molecule has 0 aliphatic carbocycles. The number of benzene rings is 1. The first-order valence-corrected chi connectivity index (χ1v) is 8.07. The predicted octanol–water partition coefficient (Wildman–Crippen LogP) is 3.42. The number of rotatable bonds is 0. The molecule has 0 unspecified atom stereocenters. The summed E-state index contributed by atoms with van der Waals surface area (Å²) in [6.07, 6.45) is 1.54. The van der Waals surface area contributed by atoms with E-state index < -0.39 is 11.2 Å². The number of hydrogen-bond acceptors (Lipinski definition) is 4. The summed E-state index contributed by atoms with van der Waals surface area (Å²) in [5.41, 5.74) is -0.523. The van der Waals surface area contributed by atoms with Gasteiger partial charge in [0.25, 0.3) is 0 Å². The van der Waals surface area contributed by atoms with Gasteiger partial charge in [0.15, 0.2) is 5.78 Å². The molecule has 124 valence electrons. The van der Waals surface area contributed by atoms with Gasteiger partial charge in [-0.15, -0.1) is 0 Å². The number of piperidine rings is 1. The van der Waals surface area contributed by atoms with E-state index in [1.807, 2.05) is 39.0 Å². The second kappa shape index (κ2) is 5.55. The fourth-order valence-corrected chi connectivity index (χ4v) is 3.25. The summed E-state index contributed by atoms with van der Waals surface area (Å²) < 4.78 is 11.6. The van der Waals surface area contributed by atoms with Crippen molar-refractivity contribution in [2.45, 2.75) is 51.2 Å². The van der Waals surface area contributed by atoms with Crippen LogP contribution in [0.15, 0.2) is 24.3 Å². The van der Waals surface area contributed by atoms with E-state index in [2.05, 4.69) is 0 Å². The van der Waals surface area contributed by atoms with Crippen LogP contribution in [0, 0.1) is 0 Å². The van der Waals surface area contributed by atoms with E-state index in [0.29, 0.717) is 30.8 Å². The zero-order valence-corrected chi connectivity index (χ0v) is 13.9. The summed E-state index contributed by atoms with van der Waals surface area (Å²) in [5.74, 6) is 0.702. The van der Waals surface area contributed by atoms with Crippen molar-refractivity contribution >= 4 is 11.9 Å². The Morgan fingerprint density at radius 3 is 2.78 bits per heavy atom. The zero-order chi connectivity index (χ0) is 16.7. The van der Waals surface area contributed by atoms with Crippen molar-refractivity contribution in [3.05, 3.63) is 29.8 Å². The van der Waals surface area contributed by atoms with Crippen LogP contribution in [0.5, 0.6) is 5.75 Å². The summed E-state index contributed by atoms with van der Waals surface area (Å²) in [5, 5.41) is 0. The zero-order valence-electron chi connectivity index (χ0n) is 13.9. The van der Waals surface area contributed by atoms with Crippen LogP contribution in [0.2, 0.25) is 0 Å². The van der Waals surface area contributed by atoms with Crippen LogP contribution in [-0.2, 0) is 4.74 Å². The van der Waals surface area contributed by atoms with E-state index in [-0.39, 0.29) is 11.9 Å². The SMILES string of the molecule is CC(C)(C)OC(=O)N1CCC[C@@]2(CC(=O)c3ccccc3O2)C1. The average Bonchev–Trinajstić information content (AvgIpc) is 2.45. The van der Waals surface area contributed by atoms with Gasteiger partial charge in [0.05, 0.1) is 18.5 Å². The molecule has 23 heavy (non-hydrogen) atoms. The van der Waals surface area contributed by atoms with Gasteiger partial charge >= 0.3 is 6.09 Å². The van der Waals surface area contributed by atoms with E-state index in [0.717, 1.165) is 12.8 Å². The molecule has 0 aromatic heterocycles. The number of Topliss-reactive ketones (excluding diaryl/α,β-unsaturated/α-hetero) is 1. The highest BCUT2D eigenvalue weighted by atomic mass is 16.6. The Kier molecular flexibility index (Phi) is 3.82. The number of hydrogen-bond donors (Lipinski definition) is 0. The molecular formula is C18H23NO4. The molecule has 2 heterocycles. The molecule has 1 amide bonds. The third kappa shape index (κ3) is 3.33. The van der Waals surface area contributed by atoms with Crippen LogP contribution in [0.25, 0.3) is 0 Å². The third-order valence-corrected chi connectivity index (χ3v) is 4.19. The first-order chi connectivity index (χ1) is 10.8. The molecule has 5 heteroatoms. The van der Waals surface area contributed by atoms with E-state index in [9.17, 15) is 9.59 Å². The number of carbonyl (C=O) groups is 2. The molecular weight excluding hydrogens is 294 g/mol. The van der Waals surface area contributed by atoms with Gasteiger partial charge in [-0.25, -0.2) is 4.79 Å². The number of para-hydroxylation sites is 1. The second-order valence-electron chi connectivity index (χ2n) is 7.39. The van der Waals surface area contributed by atoms with E-state index in [1.165, 1.54) is 0 Å². The monoisotopic (exact) mass is 317 g/mol. The van der Waals surface area contributed by atoms with Crippen molar-refractivity contribution in [1.82, 2.24) is 4.90 Å². The van der Waals surface area contributed by atoms with Gasteiger partial charge in [0.1, 0.15) is 17.0 Å². The molecule has 1 aromatic carbocycles.